The number of hydrogen-bond acceptors (Lipinski definition) is 8. The van der Waals surface area contributed by atoms with E-state index in [0.29, 0.717) is 26.1 Å². The second-order valence-electron chi connectivity index (χ2n) is 8.89. The molecule has 0 aromatic rings. The molecule has 0 aliphatic carbocycles. The number of alkyl carbamates (subject to hydrolysis) is 1. The summed E-state index contributed by atoms with van der Waals surface area (Å²) in [5.74, 6) is 1.41. The number of unbranched alkanes of at least 4 members (excludes halogenated alkanes) is 4. The fourth-order valence-electron chi connectivity index (χ4n) is 2.59. The Morgan fingerprint density at radius 3 is 2.03 bits per heavy atom. The van der Waals surface area contributed by atoms with Gasteiger partial charge in [-0.05, 0) is 59.3 Å². The van der Waals surface area contributed by atoms with E-state index in [4.69, 9.17) is 14.2 Å². The lowest BCUT2D eigenvalue weighted by molar-refractivity contribution is -0.146. The predicted octanol–water partition coefficient (Wildman–Crippen LogP) is 6.29. The van der Waals surface area contributed by atoms with Crippen LogP contribution in [0.3, 0.4) is 0 Å². The van der Waals surface area contributed by atoms with Crippen LogP contribution in [0.2, 0.25) is 0 Å². The number of carbonyl (C=O) groups is 3. The van der Waals surface area contributed by atoms with E-state index in [-0.39, 0.29) is 5.97 Å². The Bertz CT molecular complexity index is 540. The van der Waals surface area contributed by atoms with Gasteiger partial charge in [-0.2, -0.15) is 0 Å². The van der Waals surface area contributed by atoms with E-state index in [1.54, 1.807) is 42.4 Å². The molecule has 7 nitrogen and oxygen atoms in total. The van der Waals surface area contributed by atoms with Crippen LogP contribution in [-0.2, 0) is 23.8 Å². The van der Waals surface area contributed by atoms with Crippen LogP contribution in [0.1, 0.15) is 98.8 Å². The van der Waals surface area contributed by atoms with E-state index in [2.05, 4.69) is 12.2 Å². The molecule has 1 amide bonds. The topological polar surface area (TPSA) is 90.9 Å². The van der Waals surface area contributed by atoms with Crippen molar-refractivity contribution in [1.29, 1.82) is 0 Å². The quantitative estimate of drug-likeness (QED) is 0.0944. The van der Waals surface area contributed by atoms with Crippen LogP contribution in [0, 0.1) is 0 Å². The molecule has 0 rings (SSSR count). The van der Waals surface area contributed by atoms with E-state index < -0.39 is 23.7 Å². The van der Waals surface area contributed by atoms with Gasteiger partial charge in [0.25, 0.3) is 0 Å². The van der Waals surface area contributed by atoms with Crippen LogP contribution in [0.5, 0.6) is 0 Å². The van der Waals surface area contributed by atoms with Gasteiger partial charge in [-0.3, -0.25) is 4.79 Å². The first-order chi connectivity index (χ1) is 15.7. The van der Waals surface area contributed by atoms with Crippen LogP contribution in [0.25, 0.3) is 0 Å². The van der Waals surface area contributed by atoms with Crippen molar-refractivity contribution in [3.63, 3.8) is 0 Å². The van der Waals surface area contributed by atoms with Crippen LogP contribution >= 0.6 is 21.6 Å². The summed E-state index contributed by atoms with van der Waals surface area (Å²) in [6.07, 6.45) is 7.85. The van der Waals surface area contributed by atoms with Gasteiger partial charge in [0.1, 0.15) is 11.6 Å². The average Bonchev–Trinajstić information content (AvgIpc) is 2.73. The highest BCUT2D eigenvalue weighted by molar-refractivity contribution is 8.76. The fraction of sp³-hybridized carbons (Fsp3) is 0.875. The predicted molar refractivity (Wildman–Crippen MR) is 138 cm³/mol. The largest absolute Gasteiger partial charge is 0.466 e. The minimum Gasteiger partial charge on any atom is -0.466 e. The monoisotopic (exact) mass is 507 g/mol. The number of esters is 2. The van der Waals surface area contributed by atoms with Gasteiger partial charge in [0, 0.05) is 17.9 Å². The van der Waals surface area contributed by atoms with Gasteiger partial charge >= 0.3 is 18.0 Å². The summed E-state index contributed by atoms with van der Waals surface area (Å²) in [4.78, 5) is 36.0. The molecule has 0 aliphatic rings. The van der Waals surface area contributed by atoms with Gasteiger partial charge in [-0.25, -0.2) is 9.59 Å². The van der Waals surface area contributed by atoms with Gasteiger partial charge in [0.15, 0.2) is 0 Å². The molecule has 0 spiro atoms. The van der Waals surface area contributed by atoms with E-state index in [1.165, 1.54) is 0 Å². The molecule has 0 aliphatic heterocycles. The SMILES string of the molecule is CCCCOC(=O)CCCCCSSCCC[C@H](NC(=O)OC(C)(C)C)C(=O)OCCCC. The van der Waals surface area contributed by atoms with Crippen LogP contribution in [-0.4, -0.2) is 54.4 Å². The lowest BCUT2D eigenvalue weighted by atomic mass is 10.1. The van der Waals surface area contributed by atoms with E-state index >= 15 is 0 Å². The molecule has 33 heavy (non-hydrogen) atoms. The molecule has 9 heteroatoms. The van der Waals surface area contributed by atoms with Crippen LogP contribution in [0.4, 0.5) is 4.79 Å². The zero-order chi connectivity index (χ0) is 25.0. The molecule has 0 fully saturated rings. The lowest BCUT2D eigenvalue weighted by Gasteiger charge is -2.23. The second-order valence-corrected chi connectivity index (χ2v) is 11.6. The summed E-state index contributed by atoms with van der Waals surface area (Å²) in [5.41, 5.74) is -0.622. The second kappa shape index (κ2) is 20.3. The summed E-state index contributed by atoms with van der Waals surface area (Å²) < 4.78 is 15.7. The molecule has 0 bridgehead atoms. The summed E-state index contributed by atoms with van der Waals surface area (Å²) >= 11 is 0. The molecule has 1 N–H and O–H groups in total. The Hall–Kier alpha value is -1.09. The Morgan fingerprint density at radius 2 is 1.42 bits per heavy atom. The van der Waals surface area contributed by atoms with Gasteiger partial charge in [0.2, 0.25) is 0 Å². The standard InChI is InChI=1S/C24H45NO6S2/c1-6-8-16-29-21(26)15-11-10-12-18-32-33-19-13-14-20(22(27)30-17-9-7-2)25-23(28)31-24(3,4)5/h20H,6-19H2,1-5H3,(H,25,28)/t20-/m0/s1. The molecule has 0 aromatic carbocycles. The molecule has 0 saturated heterocycles. The third kappa shape index (κ3) is 21.2. The van der Waals surface area contributed by atoms with Crippen molar-refractivity contribution in [2.75, 3.05) is 24.7 Å². The first kappa shape index (κ1) is 31.9. The smallest absolute Gasteiger partial charge is 0.408 e. The molecule has 194 valence electrons. The van der Waals surface area contributed by atoms with Crippen molar-refractivity contribution >= 4 is 39.6 Å². The van der Waals surface area contributed by atoms with Gasteiger partial charge < -0.3 is 19.5 Å². The number of nitrogens with one attached hydrogen (secondary N) is 1. The zero-order valence-corrected chi connectivity index (χ0v) is 22.9. The molecular formula is C24H45NO6S2. The maximum Gasteiger partial charge on any atom is 0.408 e. The summed E-state index contributed by atoms with van der Waals surface area (Å²) in [6.45, 7) is 10.4. The number of amides is 1. The normalized spacial score (nSPS) is 12.2. The Labute approximate surface area is 208 Å². The third-order valence-electron chi connectivity index (χ3n) is 4.39. The van der Waals surface area contributed by atoms with Crippen molar-refractivity contribution in [2.45, 2.75) is 110 Å². The van der Waals surface area contributed by atoms with E-state index in [1.807, 2.05) is 6.92 Å². The Morgan fingerprint density at radius 1 is 0.818 bits per heavy atom. The number of hydrogen-bond donors (Lipinski definition) is 1. The molecular weight excluding hydrogens is 462 g/mol. The lowest BCUT2D eigenvalue weighted by Crippen LogP contribution is -2.44. The van der Waals surface area contributed by atoms with Crippen molar-refractivity contribution in [1.82, 2.24) is 5.32 Å². The Kier molecular flexibility index (Phi) is 19.6. The summed E-state index contributed by atoms with van der Waals surface area (Å²) in [6, 6.07) is -0.695. The van der Waals surface area contributed by atoms with Crippen molar-refractivity contribution < 1.29 is 28.6 Å². The molecule has 0 aromatic heterocycles. The fourth-order valence-corrected chi connectivity index (χ4v) is 4.85. The number of ether oxygens (including phenoxy) is 3. The van der Waals surface area contributed by atoms with Crippen molar-refractivity contribution in [2.24, 2.45) is 0 Å². The third-order valence-corrected chi connectivity index (χ3v) is 6.97. The van der Waals surface area contributed by atoms with E-state index in [0.717, 1.165) is 62.9 Å². The summed E-state index contributed by atoms with van der Waals surface area (Å²) in [5, 5.41) is 2.66. The van der Waals surface area contributed by atoms with Gasteiger partial charge in [0.05, 0.1) is 13.2 Å². The molecule has 0 heterocycles. The molecule has 0 saturated carbocycles. The maximum absolute atomic E-state index is 12.4. The van der Waals surface area contributed by atoms with Crippen molar-refractivity contribution in [3.05, 3.63) is 0 Å². The summed E-state index contributed by atoms with van der Waals surface area (Å²) in [7, 11) is 3.56. The highest BCUT2D eigenvalue weighted by Gasteiger charge is 2.25. The molecule has 0 unspecified atom stereocenters. The maximum atomic E-state index is 12.4. The van der Waals surface area contributed by atoms with Crippen LogP contribution < -0.4 is 5.32 Å². The minimum absolute atomic E-state index is 0.0896. The highest BCUT2D eigenvalue weighted by atomic mass is 33.1. The zero-order valence-electron chi connectivity index (χ0n) is 21.2. The molecule has 0 radical (unpaired) electrons. The molecule has 1 atom stereocenters. The number of carbonyl (C=O) groups excluding carboxylic acids is 3. The van der Waals surface area contributed by atoms with Gasteiger partial charge in [-0.1, -0.05) is 54.7 Å². The average molecular weight is 508 g/mol. The van der Waals surface area contributed by atoms with Crippen LogP contribution in [0.15, 0.2) is 0 Å². The minimum atomic E-state index is -0.695. The first-order valence-electron chi connectivity index (χ1n) is 12.3. The van der Waals surface area contributed by atoms with Gasteiger partial charge in [-0.15, -0.1) is 0 Å². The van der Waals surface area contributed by atoms with Crippen molar-refractivity contribution in [3.8, 4) is 0 Å². The van der Waals surface area contributed by atoms with E-state index in [9.17, 15) is 14.4 Å². The first-order valence-corrected chi connectivity index (χ1v) is 14.7. The Balaban J connectivity index is 4.02. The highest BCUT2D eigenvalue weighted by Crippen LogP contribution is 2.24. The number of rotatable bonds is 19.